The van der Waals surface area contributed by atoms with E-state index in [4.69, 9.17) is 9.47 Å². The molecule has 1 saturated carbocycles. The van der Waals surface area contributed by atoms with Crippen molar-refractivity contribution >= 4 is 0 Å². The molecule has 0 aromatic rings. The lowest BCUT2D eigenvalue weighted by Gasteiger charge is -2.30. The third-order valence-electron chi connectivity index (χ3n) is 3.56. The van der Waals surface area contributed by atoms with Crippen molar-refractivity contribution in [3.63, 3.8) is 0 Å². The average Bonchev–Trinajstić information content (AvgIpc) is 2.29. The van der Waals surface area contributed by atoms with Crippen molar-refractivity contribution in [3.8, 4) is 0 Å². The van der Waals surface area contributed by atoms with Gasteiger partial charge in [-0.25, -0.2) is 0 Å². The molecule has 0 saturated heterocycles. The molecule has 0 aliphatic heterocycles. The maximum atomic E-state index is 5.38. The molecule has 0 aromatic heterocycles. The average molecular weight is 248 g/mol. The fourth-order valence-electron chi connectivity index (χ4n) is 2.64. The number of allylic oxidation sites excluding steroid dienone is 2. The Kier molecular flexibility index (Phi) is 6.34. The maximum absolute atomic E-state index is 5.38. The fourth-order valence-corrected chi connectivity index (χ4v) is 2.64. The van der Waals surface area contributed by atoms with E-state index < -0.39 is 0 Å². The summed E-state index contributed by atoms with van der Waals surface area (Å²) in [6.07, 6.45) is 9.96. The molecule has 18 heavy (non-hydrogen) atoms. The van der Waals surface area contributed by atoms with Crippen LogP contribution in [0.4, 0.5) is 0 Å². The molecular weight excluding hydrogens is 224 g/mol. The van der Waals surface area contributed by atoms with E-state index >= 15 is 0 Å². The van der Waals surface area contributed by atoms with E-state index in [1.54, 1.807) is 0 Å². The van der Waals surface area contributed by atoms with Gasteiger partial charge in [-0.05, 0) is 12.8 Å². The minimum absolute atomic E-state index is 0.260. The molecule has 2 nitrogen and oxygen atoms in total. The predicted octanol–water partition coefficient (Wildman–Crippen LogP) is 4.92. The molecule has 0 aromatic carbocycles. The van der Waals surface area contributed by atoms with Crippen molar-refractivity contribution in [2.75, 3.05) is 0 Å². The first-order chi connectivity index (χ1) is 8.70. The Labute approximate surface area is 111 Å². The van der Waals surface area contributed by atoms with E-state index in [9.17, 15) is 0 Å². The first-order valence-corrected chi connectivity index (χ1v) is 6.63. The maximum Gasteiger partial charge on any atom is 0.0998 e. The van der Waals surface area contributed by atoms with Gasteiger partial charge in [-0.15, -0.1) is 0 Å². The van der Waals surface area contributed by atoms with Gasteiger partial charge >= 0.3 is 0 Å². The van der Waals surface area contributed by atoms with Gasteiger partial charge in [-0.3, -0.25) is 0 Å². The molecule has 0 radical (unpaired) electrons. The minimum atomic E-state index is 0.260. The van der Waals surface area contributed by atoms with Gasteiger partial charge < -0.3 is 9.47 Å². The smallest absolute Gasteiger partial charge is 0.0998 e. The highest BCUT2D eigenvalue weighted by atomic mass is 16.5. The van der Waals surface area contributed by atoms with Crippen LogP contribution in [0.1, 0.15) is 38.5 Å². The summed E-state index contributed by atoms with van der Waals surface area (Å²) in [4.78, 5) is 0. The quantitative estimate of drug-likeness (QED) is 0.621. The summed E-state index contributed by atoms with van der Waals surface area (Å²) >= 11 is 0. The summed E-state index contributed by atoms with van der Waals surface area (Å²) in [5, 5.41) is 0. The molecule has 0 N–H and O–H groups in total. The molecule has 0 amide bonds. The zero-order valence-electron chi connectivity index (χ0n) is 11.2. The van der Waals surface area contributed by atoms with Gasteiger partial charge in [0.25, 0.3) is 0 Å². The lowest BCUT2D eigenvalue weighted by Crippen LogP contribution is -2.21. The van der Waals surface area contributed by atoms with Crippen LogP contribution in [0.5, 0.6) is 0 Å². The summed E-state index contributed by atoms with van der Waals surface area (Å²) in [5.41, 5.74) is 0. The largest absolute Gasteiger partial charge is 0.470 e. The normalized spacial score (nSPS) is 24.2. The van der Waals surface area contributed by atoms with Gasteiger partial charge in [-0.1, -0.05) is 52.0 Å². The van der Waals surface area contributed by atoms with Crippen molar-refractivity contribution in [2.24, 2.45) is 11.8 Å². The van der Waals surface area contributed by atoms with Gasteiger partial charge in [0.05, 0.1) is 24.0 Å². The Morgan fingerprint density at radius 2 is 1.17 bits per heavy atom. The van der Waals surface area contributed by atoms with Crippen molar-refractivity contribution in [1.29, 1.82) is 0 Å². The van der Waals surface area contributed by atoms with E-state index in [1.165, 1.54) is 38.2 Å². The summed E-state index contributed by atoms with van der Waals surface area (Å²) in [6.45, 7) is 15.2. The van der Waals surface area contributed by atoms with E-state index in [1.807, 2.05) is 0 Å². The Bertz CT molecular complexity index is 285. The first-order valence-electron chi connectivity index (χ1n) is 6.63. The standard InChI is InChI=1S/C16H24O2/c1-5-17-13(3)15-11-9-7-8-10-12-16(15)14(4)18-6-2/h5-6,15-16H,1-4,7-12H2. The SMILES string of the molecule is C=COC(=C)C1CCCCCCC1C(=C)OC=C. The van der Waals surface area contributed by atoms with Crippen LogP contribution in [0, 0.1) is 11.8 Å². The highest BCUT2D eigenvalue weighted by molar-refractivity contribution is 5.06. The van der Waals surface area contributed by atoms with Crippen molar-refractivity contribution in [3.05, 3.63) is 50.4 Å². The summed E-state index contributed by atoms with van der Waals surface area (Å²) < 4.78 is 10.8. The van der Waals surface area contributed by atoms with Crippen LogP contribution in [0.3, 0.4) is 0 Å². The van der Waals surface area contributed by atoms with Crippen LogP contribution < -0.4 is 0 Å². The molecule has 2 heteroatoms. The molecule has 2 unspecified atom stereocenters. The molecule has 0 spiro atoms. The fraction of sp³-hybridized carbons (Fsp3) is 0.500. The second-order valence-corrected chi connectivity index (χ2v) is 4.71. The van der Waals surface area contributed by atoms with Gasteiger partial charge in [0.1, 0.15) is 0 Å². The van der Waals surface area contributed by atoms with Gasteiger partial charge in [-0.2, -0.15) is 0 Å². The Morgan fingerprint density at radius 3 is 1.50 bits per heavy atom. The van der Waals surface area contributed by atoms with Crippen LogP contribution in [0.15, 0.2) is 50.4 Å². The lowest BCUT2D eigenvalue weighted by atomic mass is 9.80. The molecule has 2 atom stereocenters. The van der Waals surface area contributed by atoms with Crippen LogP contribution in [-0.2, 0) is 9.47 Å². The predicted molar refractivity (Wildman–Crippen MR) is 75.5 cm³/mol. The summed E-state index contributed by atoms with van der Waals surface area (Å²) in [7, 11) is 0. The Hall–Kier alpha value is -1.44. The molecule has 1 aliphatic carbocycles. The second kappa shape index (κ2) is 7.80. The lowest BCUT2D eigenvalue weighted by molar-refractivity contribution is 0.178. The van der Waals surface area contributed by atoms with Crippen molar-refractivity contribution in [1.82, 2.24) is 0 Å². The number of hydrogen-bond acceptors (Lipinski definition) is 2. The number of hydrogen-bond donors (Lipinski definition) is 0. The molecule has 1 fully saturated rings. The molecule has 1 aliphatic rings. The molecule has 100 valence electrons. The number of rotatable bonds is 6. The second-order valence-electron chi connectivity index (χ2n) is 4.71. The van der Waals surface area contributed by atoms with Crippen LogP contribution in [0.2, 0.25) is 0 Å². The number of ether oxygens (including phenoxy) is 2. The highest BCUT2D eigenvalue weighted by Crippen LogP contribution is 2.37. The minimum Gasteiger partial charge on any atom is -0.470 e. The van der Waals surface area contributed by atoms with Gasteiger partial charge in [0, 0.05) is 11.8 Å². The molecule has 1 rings (SSSR count). The zero-order chi connectivity index (χ0) is 13.4. The zero-order valence-corrected chi connectivity index (χ0v) is 11.2. The Balaban J connectivity index is 2.80. The monoisotopic (exact) mass is 248 g/mol. The highest BCUT2D eigenvalue weighted by Gasteiger charge is 2.29. The van der Waals surface area contributed by atoms with Crippen LogP contribution in [-0.4, -0.2) is 0 Å². The van der Waals surface area contributed by atoms with Crippen molar-refractivity contribution in [2.45, 2.75) is 38.5 Å². The van der Waals surface area contributed by atoms with E-state index in [0.717, 1.165) is 24.4 Å². The van der Waals surface area contributed by atoms with Crippen LogP contribution in [0.25, 0.3) is 0 Å². The summed E-state index contributed by atoms with van der Waals surface area (Å²) in [5.74, 6) is 2.06. The Morgan fingerprint density at radius 1 is 0.778 bits per heavy atom. The van der Waals surface area contributed by atoms with E-state index in [-0.39, 0.29) is 11.8 Å². The summed E-state index contributed by atoms with van der Waals surface area (Å²) in [6, 6.07) is 0. The van der Waals surface area contributed by atoms with E-state index in [2.05, 4.69) is 26.3 Å². The first kappa shape index (κ1) is 14.6. The topological polar surface area (TPSA) is 18.5 Å². The van der Waals surface area contributed by atoms with Gasteiger partial charge in [0.2, 0.25) is 0 Å². The van der Waals surface area contributed by atoms with Crippen molar-refractivity contribution < 1.29 is 9.47 Å². The third-order valence-corrected chi connectivity index (χ3v) is 3.56. The molecule has 0 heterocycles. The van der Waals surface area contributed by atoms with E-state index in [0.29, 0.717) is 0 Å². The third kappa shape index (κ3) is 4.10. The molecule has 0 bridgehead atoms. The van der Waals surface area contributed by atoms with Gasteiger partial charge in [0.15, 0.2) is 0 Å². The van der Waals surface area contributed by atoms with Crippen LogP contribution >= 0.6 is 0 Å². The molecular formula is C16H24O2.